The molecule has 1 unspecified atom stereocenters. The van der Waals surface area contributed by atoms with E-state index in [1.165, 1.54) is 0 Å². The van der Waals surface area contributed by atoms with E-state index >= 15 is 0 Å². The van der Waals surface area contributed by atoms with Gasteiger partial charge in [0.1, 0.15) is 6.61 Å². The van der Waals surface area contributed by atoms with Crippen molar-refractivity contribution in [2.24, 2.45) is 0 Å². The Balaban J connectivity index is 0.00000392. The molecule has 0 aromatic heterocycles. The third kappa shape index (κ3) is 9.75. The molecule has 2 rings (SSSR count). The van der Waals surface area contributed by atoms with Crippen LogP contribution in [-0.2, 0) is 13.2 Å². The molecule has 2 aromatic carbocycles. The zero-order valence-electron chi connectivity index (χ0n) is 16.4. The first-order valence-corrected chi connectivity index (χ1v) is 10.0. The Morgan fingerprint density at radius 1 is 1.14 bits per heavy atom. The molecule has 0 bridgehead atoms. The van der Waals surface area contributed by atoms with Crippen LogP contribution in [-0.4, -0.2) is 38.0 Å². The van der Waals surface area contributed by atoms with Crippen molar-refractivity contribution >= 4 is 52.3 Å². The zero-order chi connectivity index (χ0) is 19.6. The number of rotatable bonds is 11. The number of aliphatic hydroxyl groups is 1. The molecule has 0 spiro atoms. The van der Waals surface area contributed by atoms with Crippen LogP contribution >= 0.6 is 52.3 Å². The summed E-state index contributed by atoms with van der Waals surface area (Å²) in [4.78, 5) is 0. The van der Waals surface area contributed by atoms with E-state index in [4.69, 9.17) is 21.1 Å². The third-order valence-electron chi connectivity index (χ3n) is 3.87. The van der Waals surface area contributed by atoms with Crippen molar-refractivity contribution in [3.8, 4) is 11.5 Å². The average Bonchev–Trinajstić information content (AvgIpc) is 2.64. The van der Waals surface area contributed by atoms with Crippen molar-refractivity contribution in [3.63, 3.8) is 0 Å². The molecule has 9 heteroatoms. The summed E-state index contributed by atoms with van der Waals surface area (Å²) in [6, 6.07) is 11.6. The van der Waals surface area contributed by atoms with Crippen LogP contribution < -0.4 is 20.1 Å². The van der Waals surface area contributed by atoms with Crippen molar-refractivity contribution in [1.82, 2.24) is 10.6 Å². The normalized spacial score (nSPS) is 11.2. The molecule has 0 fully saturated rings. The van der Waals surface area contributed by atoms with Crippen LogP contribution in [0, 0.1) is 0 Å². The molecule has 0 radical (unpaired) electrons. The largest absolute Gasteiger partial charge is 0.493 e. The van der Waals surface area contributed by atoms with Gasteiger partial charge in [0.2, 0.25) is 0 Å². The maximum atomic E-state index is 9.21. The van der Waals surface area contributed by atoms with Crippen LogP contribution in [0.5, 0.6) is 11.5 Å². The second-order valence-electron chi connectivity index (χ2n) is 6.22. The first-order chi connectivity index (χ1) is 13.0. The van der Waals surface area contributed by atoms with Crippen LogP contribution in [0.2, 0.25) is 5.02 Å². The van der Waals surface area contributed by atoms with E-state index in [0.717, 1.165) is 28.7 Å². The molecule has 3 N–H and O–H groups in total. The first-order valence-electron chi connectivity index (χ1n) is 8.83. The van der Waals surface area contributed by atoms with Gasteiger partial charge in [0, 0.05) is 36.8 Å². The van der Waals surface area contributed by atoms with Gasteiger partial charge in [-0.25, -0.2) is 0 Å². The van der Waals surface area contributed by atoms with Crippen molar-refractivity contribution in [2.45, 2.75) is 26.2 Å². The quantitative estimate of drug-likeness (QED) is 0.371. The Morgan fingerprint density at radius 3 is 2.48 bits per heavy atom. The molecular weight excluding hydrogens is 502 g/mol. The van der Waals surface area contributed by atoms with Crippen LogP contribution in [0.4, 0.5) is 0 Å². The van der Waals surface area contributed by atoms with Gasteiger partial charge in [-0.2, -0.15) is 0 Å². The molecule has 164 valence electrons. The topological polar surface area (TPSA) is 62.8 Å². The Morgan fingerprint density at radius 2 is 1.83 bits per heavy atom. The van der Waals surface area contributed by atoms with Crippen LogP contribution in [0.1, 0.15) is 18.1 Å². The van der Waals surface area contributed by atoms with E-state index in [-0.39, 0.29) is 30.9 Å². The Kier molecular flexibility index (Phi) is 14.7. The van der Waals surface area contributed by atoms with Gasteiger partial charge in [0.25, 0.3) is 0 Å². The number of methoxy groups -OCH3 is 1. The molecule has 0 aliphatic heterocycles. The predicted octanol–water partition coefficient (Wildman–Crippen LogP) is 4.59. The minimum Gasteiger partial charge on any atom is -0.493 e. The number of hydrogen-bond donors (Lipinski definition) is 3. The summed E-state index contributed by atoms with van der Waals surface area (Å²) in [7, 11) is 1.63. The van der Waals surface area contributed by atoms with Gasteiger partial charge < -0.3 is 25.2 Å². The highest BCUT2D eigenvalue weighted by Crippen LogP contribution is 2.37. The number of benzene rings is 2. The summed E-state index contributed by atoms with van der Waals surface area (Å²) < 4.78 is 12.3. The Hall–Kier alpha value is -0.730. The van der Waals surface area contributed by atoms with Gasteiger partial charge in [-0.05, 0) is 46.6 Å². The van der Waals surface area contributed by atoms with Crippen molar-refractivity contribution in [3.05, 3.63) is 57.0 Å². The average molecular weight is 531 g/mol. The lowest BCUT2D eigenvalue weighted by atomic mass is 10.2. The number of halogens is 4. The van der Waals surface area contributed by atoms with Crippen molar-refractivity contribution in [1.29, 1.82) is 0 Å². The van der Waals surface area contributed by atoms with Crippen LogP contribution in [0.3, 0.4) is 0 Å². The molecule has 1 atom stereocenters. The molecule has 0 amide bonds. The van der Waals surface area contributed by atoms with Gasteiger partial charge in [-0.1, -0.05) is 29.8 Å². The number of hydrogen-bond acceptors (Lipinski definition) is 5. The second kappa shape index (κ2) is 15.1. The van der Waals surface area contributed by atoms with Crippen molar-refractivity contribution in [2.75, 3.05) is 26.7 Å². The molecule has 2 aromatic rings. The summed E-state index contributed by atoms with van der Waals surface area (Å²) in [6.45, 7) is 5.02. The van der Waals surface area contributed by atoms with Gasteiger partial charge in [-0.3, -0.25) is 0 Å². The molecule has 5 nitrogen and oxygen atoms in total. The first kappa shape index (κ1) is 28.3. The maximum absolute atomic E-state index is 9.21. The predicted molar refractivity (Wildman–Crippen MR) is 127 cm³/mol. The van der Waals surface area contributed by atoms with E-state index in [1.807, 2.05) is 36.4 Å². The zero-order valence-corrected chi connectivity index (χ0v) is 20.4. The molecule has 0 saturated carbocycles. The summed E-state index contributed by atoms with van der Waals surface area (Å²) >= 11 is 9.76. The third-order valence-corrected chi connectivity index (χ3v) is 4.82. The fourth-order valence-electron chi connectivity index (χ4n) is 2.50. The number of aliphatic hydroxyl groups excluding tert-OH is 1. The highest BCUT2D eigenvalue weighted by Gasteiger charge is 2.12. The molecule has 0 aliphatic rings. The van der Waals surface area contributed by atoms with Crippen LogP contribution in [0.15, 0.2) is 40.9 Å². The lowest BCUT2D eigenvalue weighted by Crippen LogP contribution is -2.31. The van der Waals surface area contributed by atoms with Gasteiger partial charge in [-0.15, -0.1) is 24.8 Å². The molecular formula is C20H28BrCl3N2O3. The Labute approximate surface area is 198 Å². The molecule has 29 heavy (non-hydrogen) atoms. The summed E-state index contributed by atoms with van der Waals surface area (Å²) in [5.74, 6) is 1.32. The minimum atomic E-state index is -0.330. The van der Waals surface area contributed by atoms with Crippen LogP contribution in [0.25, 0.3) is 0 Å². The van der Waals surface area contributed by atoms with E-state index in [2.05, 4.69) is 26.6 Å². The molecule has 0 saturated heterocycles. The highest BCUT2D eigenvalue weighted by atomic mass is 79.9. The smallest absolute Gasteiger partial charge is 0.175 e. The van der Waals surface area contributed by atoms with Gasteiger partial charge >= 0.3 is 0 Å². The van der Waals surface area contributed by atoms with E-state index in [9.17, 15) is 5.11 Å². The summed E-state index contributed by atoms with van der Waals surface area (Å²) in [5, 5.41) is 16.4. The lowest BCUT2D eigenvalue weighted by molar-refractivity contribution is 0.191. The fourth-order valence-corrected chi connectivity index (χ4v) is 3.30. The van der Waals surface area contributed by atoms with E-state index in [1.54, 1.807) is 14.0 Å². The molecule has 0 heterocycles. The minimum absolute atomic E-state index is 0. The summed E-state index contributed by atoms with van der Waals surface area (Å²) in [5.41, 5.74) is 2.00. The second-order valence-corrected chi connectivity index (χ2v) is 7.48. The standard InChI is InChI=1S/C20H26BrClN2O3.2ClH/c1-14(25)11-23-7-8-24-12-15-9-17(21)20(19(10-15)26-2)27-13-16-5-3-4-6-18(16)22;;/h3-6,9-10,14,23-25H,7-8,11-13H2,1-2H3;2*1H. The number of nitrogens with one attached hydrogen (secondary N) is 2. The lowest BCUT2D eigenvalue weighted by Gasteiger charge is -2.15. The Bertz CT molecular complexity index is 736. The fraction of sp³-hybridized carbons (Fsp3) is 0.400. The highest BCUT2D eigenvalue weighted by molar-refractivity contribution is 9.10. The maximum Gasteiger partial charge on any atom is 0.175 e. The number of ether oxygens (including phenoxy) is 2. The van der Waals surface area contributed by atoms with E-state index < -0.39 is 0 Å². The monoisotopic (exact) mass is 528 g/mol. The molecule has 0 aliphatic carbocycles. The summed E-state index contributed by atoms with van der Waals surface area (Å²) in [6.07, 6.45) is -0.330. The SMILES string of the molecule is COc1cc(CNCCNCC(C)O)cc(Br)c1OCc1ccccc1Cl.Cl.Cl. The van der Waals surface area contributed by atoms with Crippen molar-refractivity contribution < 1.29 is 14.6 Å². The van der Waals surface area contributed by atoms with Gasteiger partial charge in [0.05, 0.1) is 17.7 Å². The van der Waals surface area contributed by atoms with Gasteiger partial charge in [0.15, 0.2) is 11.5 Å². The van der Waals surface area contributed by atoms with E-state index in [0.29, 0.717) is 36.2 Å².